The van der Waals surface area contributed by atoms with Gasteiger partial charge in [0.2, 0.25) is 0 Å². The molecule has 0 aliphatic carbocycles. The van der Waals surface area contributed by atoms with E-state index in [9.17, 15) is 4.39 Å². The standard InChI is InChI=1S/C6H7FN2OS/c1-4-6(9(10)11)2-5(7)3-8-4/h2-3,10-11H,1H3. The van der Waals surface area contributed by atoms with E-state index >= 15 is 0 Å². The molecule has 60 valence electrons. The first-order valence-electron chi connectivity index (χ1n) is 2.91. The van der Waals surface area contributed by atoms with Crippen LogP contribution in [0.2, 0.25) is 0 Å². The first-order valence-corrected chi connectivity index (χ1v) is 3.31. The Labute approximate surface area is 69.0 Å². The molecule has 1 heterocycles. The number of anilines is 1. The van der Waals surface area contributed by atoms with E-state index in [0.717, 1.165) is 12.3 Å². The zero-order valence-corrected chi connectivity index (χ0v) is 6.72. The molecule has 0 bridgehead atoms. The van der Waals surface area contributed by atoms with Gasteiger partial charge in [0.15, 0.2) is 0 Å². The van der Waals surface area contributed by atoms with Crippen molar-refractivity contribution in [1.29, 1.82) is 0 Å². The van der Waals surface area contributed by atoms with Crippen molar-refractivity contribution in [2.75, 3.05) is 4.47 Å². The van der Waals surface area contributed by atoms with Crippen LogP contribution < -0.4 is 4.47 Å². The van der Waals surface area contributed by atoms with Gasteiger partial charge in [-0.15, -0.1) is 0 Å². The molecule has 1 N–H and O–H groups in total. The van der Waals surface area contributed by atoms with Crippen molar-refractivity contribution in [3.8, 4) is 0 Å². The first-order chi connectivity index (χ1) is 5.11. The molecule has 0 fully saturated rings. The molecule has 0 unspecified atom stereocenters. The summed E-state index contributed by atoms with van der Waals surface area (Å²) in [6.07, 6.45) is 1.08. The van der Waals surface area contributed by atoms with Crippen molar-refractivity contribution < 1.29 is 9.60 Å². The largest absolute Gasteiger partial charge is 0.278 e. The van der Waals surface area contributed by atoms with Crippen LogP contribution in [0.5, 0.6) is 0 Å². The summed E-state index contributed by atoms with van der Waals surface area (Å²) < 4.78 is 13.0. The minimum absolute atomic E-state index is 0.244. The summed E-state index contributed by atoms with van der Waals surface area (Å²) in [4.78, 5) is 3.67. The Hall–Kier alpha value is -0.810. The van der Waals surface area contributed by atoms with E-state index in [1.807, 2.05) is 0 Å². The van der Waals surface area contributed by atoms with E-state index in [2.05, 4.69) is 17.8 Å². The minimum atomic E-state index is -0.501. The molecule has 0 aliphatic rings. The zero-order chi connectivity index (χ0) is 8.43. The van der Waals surface area contributed by atoms with Crippen LogP contribution in [-0.4, -0.2) is 10.2 Å². The number of pyridine rings is 1. The maximum atomic E-state index is 12.5. The number of aryl methyl sites for hydroxylation is 1. The van der Waals surface area contributed by atoms with Crippen molar-refractivity contribution in [2.24, 2.45) is 0 Å². The molecule has 0 spiro atoms. The molecule has 0 radical (unpaired) electrons. The number of halogens is 1. The molecule has 0 saturated carbocycles. The van der Waals surface area contributed by atoms with E-state index in [-0.39, 0.29) is 5.69 Å². The third kappa shape index (κ3) is 1.81. The fourth-order valence-corrected chi connectivity index (χ4v) is 0.902. The van der Waals surface area contributed by atoms with Crippen molar-refractivity contribution >= 4 is 18.5 Å². The predicted octanol–water partition coefficient (Wildman–Crippen LogP) is 1.57. The lowest BCUT2D eigenvalue weighted by atomic mass is 10.3. The van der Waals surface area contributed by atoms with Gasteiger partial charge in [-0.25, -0.2) is 4.39 Å². The Morgan fingerprint density at radius 3 is 2.82 bits per heavy atom. The summed E-state index contributed by atoms with van der Waals surface area (Å²) >= 11 is 3.59. The predicted molar refractivity (Wildman–Crippen MR) is 42.2 cm³/mol. The molecular weight excluding hydrogens is 167 g/mol. The second-order valence-corrected chi connectivity index (χ2v) is 2.43. The Balaban J connectivity index is 3.13. The van der Waals surface area contributed by atoms with Crippen LogP contribution in [0, 0.1) is 12.7 Å². The van der Waals surface area contributed by atoms with E-state index in [1.165, 1.54) is 0 Å². The first kappa shape index (κ1) is 8.29. The van der Waals surface area contributed by atoms with Crippen molar-refractivity contribution in [2.45, 2.75) is 6.92 Å². The van der Waals surface area contributed by atoms with Crippen LogP contribution in [0.1, 0.15) is 5.69 Å². The van der Waals surface area contributed by atoms with Gasteiger partial charge in [-0.3, -0.25) is 10.2 Å². The highest BCUT2D eigenvalue weighted by molar-refractivity contribution is 7.81. The smallest absolute Gasteiger partial charge is 0.143 e. The molecule has 0 atom stereocenters. The second kappa shape index (κ2) is 3.06. The average molecular weight is 174 g/mol. The van der Waals surface area contributed by atoms with Gasteiger partial charge in [-0.2, -0.15) is 4.47 Å². The van der Waals surface area contributed by atoms with E-state index in [0.29, 0.717) is 10.2 Å². The van der Waals surface area contributed by atoms with Gasteiger partial charge in [-0.05, 0) is 19.7 Å². The van der Waals surface area contributed by atoms with Gasteiger partial charge in [0.05, 0.1) is 11.9 Å². The van der Waals surface area contributed by atoms with Gasteiger partial charge in [0.1, 0.15) is 11.5 Å². The number of hydrogen-bond donors (Lipinski definition) is 2. The zero-order valence-electron chi connectivity index (χ0n) is 5.82. The summed E-state index contributed by atoms with van der Waals surface area (Å²) in [5.41, 5.74) is 0.761. The average Bonchev–Trinajstić information content (AvgIpc) is 1.94. The SMILES string of the molecule is Cc1ncc(F)cc1N(O)S. The molecule has 0 aliphatic heterocycles. The molecule has 0 aromatic carbocycles. The Kier molecular flexibility index (Phi) is 2.31. The lowest BCUT2D eigenvalue weighted by molar-refractivity contribution is 0.332. The van der Waals surface area contributed by atoms with Gasteiger partial charge in [-0.1, -0.05) is 0 Å². The summed E-state index contributed by atoms with van der Waals surface area (Å²) in [6.45, 7) is 1.65. The Morgan fingerprint density at radius 1 is 1.73 bits per heavy atom. The molecule has 1 aromatic heterocycles. The summed E-state index contributed by atoms with van der Waals surface area (Å²) in [7, 11) is 0. The summed E-state index contributed by atoms with van der Waals surface area (Å²) in [5, 5.41) is 8.82. The normalized spacial score (nSPS) is 9.82. The Bertz CT molecular complexity index is 267. The van der Waals surface area contributed by atoms with Crippen LogP contribution in [0.15, 0.2) is 12.3 Å². The second-order valence-electron chi connectivity index (χ2n) is 2.05. The Morgan fingerprint density at radius 2 is 2.36 bits per heavy atom. The number of thiol groups is 1. The topological polar surface area (TPSA) is 36.4 Å². The number of hydrogen-bond acceptors (Lipinski definition) is 4. The maximum absolute atomic E-state index is 12.5. The highest BCUT2D eigenvalue weighted by atomic mass is 32.1. The van der Waals surface area contributed by atoms with Crippen molar-refractivity contribution in [1.82, 2.24) is 4.98 Å². The van der Waals surface area contributed by atoms with Crippen LogP contribution in [0.3, 0.4) is 0 Å². The summed E-state index contributed by atoms with van der Waals surface area (Å²) in [6, 6.07) is 1.15. The number of rotatable bonds is 1. The van der Waals surface area contributed by atoms with Crippen LogP contribution >= 0.6 is 12.8 Å². The molecule has 5 heteroatoms. The monoisotopic (exact) mass is 174 g/mol. The lowest BCUT2D eigenvalue weighted by Crippen LogP contribution is -2.05. The molecule has 3 nitrogen and oxygen atoms in total. The van der Waals surface area contributed by atoms with Crippen molar-refractivity contribution in [3.05, 3.63) is 23.8 Å². The maximum Gasteiger partial charge on any atom is 0.143 e. The molecular formula is C6H7FN2OS. The van der Waals surface area contributed by atoms with E-state index in [1.54, 1.807) is 6.92 Å². The minimum Gasteiger partial charge on any atom is -0.278 e. The van der Waals surface area contributed by atoms with Crippen LogP contribution in [0.25, 0.3) is 0 Å². The van der Waals surface area contributed by atoms with Crippen molar-refractivity contribution in [3.63, 3.8) is 0 Å². The van der Waals surface area contributed by atoms with Gasteiger partial charge < -0.3 is 0 Å². The van der Waals surface area contributed by atoms with Gasteiger partial charge >= 0.3 is 0 Å². The number of nitrogens with zero attached hydrogens (tertiary/aromatic N) is 2. The lowest BCUT2D eigenvalue weighted by Gasteiger charge is -2.09. The molecule has 1 rings (SSSR count). The number of aromatic nitrogens is 1. The van der Waals surface area contributed by atoms with Gasteiger partial charge in [0.25, 0.3) is 0 Å². The molecule has 0 saturated heterocycles. The van der Waals surface area contributed by atoms with Gasteiger partial charge in [0, 0.05) is 6.07 Å². The summed E-state index contributed by atoms with van der Waals surface area (Å²) in [5.74, 6) is -0.501. The van der Waals surface area contributed by atoms with E-state index in [4.69, 9.17) is 5.21 Å². The highest BCUT2D eigenvalue weighted by Crippen LogP contribution is 2.18. The third-order valence-electron chi connectivity index (χ3n) is 1.24. The van der Waals surface area contributed by atoms with Crippen LogP contribution in [-0.2, 0) is 0 Å². The fourth-order valence-electron chi connectivity index (χ4n) is 0.699. The fraction of sp³-hybridized carbons (Fsp3) is 0.167. The molecule has 0 amide bonds. The quantitative estimate of drug-likeness (QED) is 0.501. The third-order valence-corrected chi connectivity index (χ3v) is 1.46. The molecule has 1 aromatic rings. The highest BCUT2D eigenvalue weighted by Gasteiger charge is 2.04. The molecule has 11 heavy (non-hydrogen) atoms. The van der Waals surface area contributed by atoms with Crippen LogP contribution in [0.4, 0.5) is 10.1 Å². The van der Waals surface area contributed by atoms with E-state index < -0.39 is 5.82 Å².